The van der Waals surface area contributed by atoms with Gasteiger partial charge < -0.3 is 0 Å². The van der Waals surface area contributed by atoms with E-state index in [1.54, 1.807) is 4.68 Å². The fourth-order valence-electron chi connectivity index (χ4n) is 0.762. The van der Waals surface area contributed by atoms with Crippen molar-refractivity contribution in [1.82, 2.24) is 9.78 Å². The fraction of sp³-hybridized carbons (Fsp3) is 0.571. The molecule has 0 bridgehead atoms. The number of nitrogens with zero attached hydrogens (tertiary/aromatic N) is 2. The molecule has 0 fully saturated rings. The first-order valence-electron chi connectivity index (χ1n) is 3.36. The van der Waals surface area contributed by atoms with Crippen LogP contribution in [-0.4, -0.2) is 9.78 Å². The van der Waals surface area contributed by atoms with Crippen molar-refractivity contribution in [2.24, 2.45) is 0 Å². The summed E-state index contributed by atoms with van der Waals surface area (Å²) in [5.41, 5.74) is 0.857. The molecule has 0 aromatic carbocycles. The van der Waals surface area contributed by atoms with Crippen LogP contribution in [0.25, 0.3) is 0 Å². The van der Waals surface area contributed by atoms with Crippen LogP contribution >= 0.6 is 11.6 Å². The molecule has 0 aliphatic heterocycles. The minimum Gasteiger partial charge on any atom is -0.261 e. The maximum Gasteiger partial charge on any atom is 0.107 e. The topological polar surface area (TPSA) is 17.8 Å². The highest BCUT2D eigenvalue weighted by molar-refractivity contribution is 6.30. The van der Waals surface area contributed by atoms with Crippen LogP contribution in [0.3, 0.4) is 0 Å². The Hall–Kier alpha value is -0.500. The molecule has 55 valence electrons. The van der Waals surface area contributed by atoms with E-state index < -0.39 is 0 Å². The lowest BCUT2D eigenvalue weighted by molar-refractivity contribution is 0.594. The Bertz CT molecular complexity index is 198. The SMILES string of the molecule is CCCn1[c]c(Cl)c(C)n1. The van der Waals surface area contributed by atoms with Crippen molar-refractivity contribution in [2.45, 2.75) is 26.8 Å². The van der Waals surface area contributed by atoms with Gasteiger partial charge in [0.15, 0.2) is 0 Å². The van der Waals surface area contributed by atoms with Crippen molar-refractivity contribution in [3.8, 4) is 0 Å². The fourth-order valence-corrected chi connectivity index (χ4v) is 0.897. The number of aromatic nitrogens is 2. The predicted octanol–water partition coefficient (Wildman–Crippen LogP) is 2.06. The van der Waals surface area contributed by atoms with Crippen LogP contribution in [0.15, 0.2) is 0 Å². The Balaban J connectivity index is 2.77. The van der Waals surface area contributed by atoms with E-state index in [1.807, 2.05) is 6.92 Å². The Morgan fingerprint density at radius 2 is 2.40 bits per heavy atom. The average Bonchev–Trinajstić information content (AvgIpc) is 2.14. The molecular formula is C7H10ClN2. The number of hydrogen-bond acceptors (Lipinski definition) is 1. The summed E-state index contributed by atoms with van der Waals surface area (Å²) in [6.45, 7) is 4.87. The molecule has 3 heteroatoms. The molecule has 1 radical (unpaired) electrons. The summed E-state index contributed by atoms with van der Waals surface area (Å²) >= 11 is 5.73. The third-order valence-corrected chi connectivity index (χ3v) is 1.61. The van der Waals surface area contributed by atoms with Crippen molar-refractivity contribution >= 4 is 11.6 Å². The van der Waals surface area contributed by atoms with Gasteiger partial charge in [-0.15, -0.1) is 0 Å². The predicted molar refractivity (Wildman–Crippen MR) is 41.1 cm³/mol. The quantitative estimate of drug-likeness (QED) is 0.643. The maximum atomic E-state index is 5.73. The highest BCUT2D eigenvalue weighted by Crippen LogP contribution is 2.10. The van der Waals surface area contributed by atoms with Crippen LogP contribution in [0.2, 0.25) is 5.02 Å². The second-order valence-corrected chi connectivity index (χ2v) is 2.61. The summed E-state index contributed by atoms with van der Waals surface area (Å²) in [6.07, 6.45) is 3.98. The van der Waals surface area contributed by atoms with E-state index in [9.17, 15) is 0 Å². The van der Waals surface area contributed by atoms with Gasteiger partial charge in [0.25, 0.3) is 0 Å². The molecular weight excluding hydrogens is 148 g/mol. The largest absolute Gasteiger partial charge is 0.261 e. The smallest absolute Gasteiger partial charge is 0.107 e. The summed E-state index contributed by atoms with van der Waals surface area (Å²) in [6, 6.07) is 0. The van der Waals surface area contributed by atoms with Crippen LogP contribution in [0.4, 0.5) is 0 Å². The highest BCUT2D eigenvalue weighted by Gasteiger charge is 2.00. The molecule has 1 aromatic rings. The van der Waals surface area contributed by atoms with Gasteiger partial charge in [0.2, 0.25) is 0 Å². The van der Waals surface area contributed by atoms with Crippen molar-refractivity contribution in [1.29, 1.82) is 0 Å². The Kier molecular flexibility index (Phi) is 2.33. The maximum absolute atomic E-state index is 5.73. The lowest BCUT2D eigenvalue weighted by Crippen LogP contribution is -1.96. The Morgan fingerprint density at radius 1 is 1.70 bits per heavy atom. The molecule has 0 N–H and O–H groups in total. The van der Waals surface area contributed by atoms with Gasteiger partial charge in [0, 0.05) is 6.54 Å². The number of halogens is 1. The van der Waals surface area contributed by atoms with Crippen LogP contribution in [0.1, 0.15) is 19.0 Å². The summed E-state index contributed by atoms with van der Waals surface area (Å²) in [7, 11) is 0. The van der Waals surface area contributed by atoms with Crippen molar-refractivity contribution in [3.63, 3.8) is 0 Å². The van der Waals surface area contributed by atoms with Gasteiger partial charge in [0.05, 0.1) is 10.7 Å². The molecule has 0 saturated heterocycles. The van der Waals surface area contributed by atoms with Crippen LogP contribution < -0.4 is 0 Å². The Morgan fingerprint density at radius 3 is 2.80 bits per heavy atom. The molecule has 10 heavy (non-hydrogen) atoms. The second kappa shape index (κ2) is 3.06. The zero-order valence-corrected chi connectivity index (χ0v) is 6.94. The standard InChI is InChI=1S/C7H10ClN2/c1-3-4-10-5-7(8)6(2)9-10/h3-4H2,1-2H3. The third-order valence-electron chi connectivity index (χ3n) is 1.25. The van der Waals surface area contributed by atoms with E-state index in [4.69, 9.17) is 11.6 Å². The summed E-state index contributed by atoms with van der Waals surface area (Å²) < 4.78 is 1.75. The van der Waals surface area contributed by atoms with Gasteiger partial charge >= 0.3 is 0 Å². The van der Waals surface area contributed by atoms with Crippen molar-refractivity contribution < 1.29 is 0 Å². The van der Waals surface area contributed by atoms with E-state index in [-0.39, 0.29) is 0 Å². The van der Waals surface area contributed by atoms with Gasteiger partial charge in [-0.1, -0.05) is 18.5 Å². The molecule has 2 nitrogen and oxygen atoms in total. The monoisotopic (exact) mass is 157 g/mol. The van der Waals surface area contributed by atoms with Crippen LogP contribution in [0.5, 0.6) is 0 Å². The second-order valence-electron chi connectivity index (χ2n) is 2.23. The number of aryl methyl sites for hydroxylation is 2. The lowest BCUT2D eigenvalue weighted by Gasteiger charge is -1.92. The van der Waals surface area contributed by atoms with Gasteiger partial charge in [0.1, 0.15) is 6.20 Å². The first kappa shape index (κ1) is 7.61. The molecule has 1 heterocycles. The first-order chi connectivity index (χ1) is 4.74. The van der Waals surface area contributed by atoms with E-state index >= 15 is 0 Å². The van der Waals surface area contributed by atoms with Gasteiger partial charge in [-0.2, -0.15) is 5.10 Å². The minimum atomic E-state index is 0.633. The van der Waals surface area contributed by atoms with Crippen molar-refractivity contribution in [3.05, 3.63) is 16.9 Å². The van der Waals surface area contributed by atoms with Gasteiger partial charge in [-0.3, -0.25) is 4.68 Å². The lowest BCUT2D eigenvalue weighted by atomic mass is 10.5. The third kappa shape index (κ3) is 1.51. The van der Waals surface area contributed by atoms with Crippen LogP contribution in [-0.2, 0) is 6.54 Å². The summed E-state index contributed by atoms with van der Waals surface area (Å²) in [5, 5.41) is 4.76. The first-order valence-corrected chi connectivity index (χ1v) is 3.74. The number of hydrogen-bond donors (Lipinski definition) is 0. The van der Waals surface area contributed by atoms with Crippen LogP contribution in [0, 0.1) is 13.1 Å². The zero-order valence-electron chi connectivity index (χ0n) is 6.19. The Labute approximate surface area is 65.8 Å². The molecule has 0 amide bonds. The normalized spacial score (nSPS) is 10.3. The van der Waals surface area contributed by atoms with Gasteiger partial charge in [-0.25, -0.2) is 0 Å². The minimum absolute atomic E-state index is 0.633. The van der Waals surface area contributed by atoms with E-state index in [2.05, 4.69) is 18.2 Å². The van der Waals surface area contributed by atoms with Gasteiger partial charge in [-0.05, 0) is 13.3 Å². The van der Waals surface area contributed by atoms with E-state index in [0.717, 1.165) is 18.7 Å². The van der Waals surface area contributed by atoms with E-state index in [0.29, 0.717) is 5.02 Å². The molecule has 0 spiro atoms. The average molecular weight is 158 g/mol. The molecule has 0 saturated carbocycles. The van der Waals surface area contributed by atoms with Crippen molar-refractivity contribution in [2.75, 3.05) is 0 Å². The molecule has 0 aliphatic carbocycles. The zero-order chi connectivity index (χ0) is 7.56. The molecule has 1 rings (SSSR count). The van der Waals surface area contributed by atoms with E-state index in [1.165, 1.54) is 0 Å². The number of rotatable bonds is 2. The summed E-state index contributed by atoms with van der Waals surface area (Å²) in [5.74, 6) is 0. The summed E-state index contributed by atoms with van der Waals surface area (Å²) in [4.78, 5) is 0. The molecule has 0 aliphatic rings. The molecule has 0 atom stereocenters. The molecule has 1 aromatic heterocycles. The highest BCUT2D eigenvalue weighted by atomic mass is 35.5. The molecule has 0 unspecified atom stereocenters.